The Morgan fingerprint density at radius 3 is 2.95 bits per heavy atom. The molecule has 4 nitrogen and oxygen atoms in total. The zero-order valence-electron chi connectivity index (χ0n) is 11.0. The molecule has 0 N–H and O–H groups in total. The average Bonchev–Trinajstić information content (AvgIpc) is 3.10. The number of carbonyl (C=O) groups is 1. The molecule has 0 unspecified atom stereocenters. The van der Waals surface area contributed by atoms with E-state index >= 15 is 0 Å². The molecule has 3 rings (SSSR count). The zero-order chi connectivity index (χ0) is 13.5. The van der Waals surface area contributed by atoms with Gasteiger partial charge in [-0.1, -0.05) is 0 Å². The summed E-state index contributed by atoms with van der Waals surface area (Å²) in [5.41, 5.74) is 1.88. The van der Waals surface area contributed by atoms with Crippen molar-refractivity contribution in [2.75, 3.05) is 13.7 Å². The molecule has 1 saturated carbocycles. The summed E-state index contributed by atoms with van der Waals surface area (Å²) >= 11 is 0. The summed E-state index contributed by atoms with van der Waals surface area (Å²) in [7, 11) is 1.80. The topological polar surface area (TPSA) is 53.3 Å². The van der Waals surface area contributed by atoms with E-state index in [1.807, 2.05) is 18.2 Å². The van der Waals surface area contributed by atoms with Gasteiger partial charge in [0.05, 0.1) is 12.7 Å². The number of nitrogens with zero attached hydrogens (tertiary/aromatic N) is 2. The summed E-state index contributed by atoms with van der Waals surface area (Å²) < 4.78 is 5.80. The van der Waals surface area contributed by atoms with E-state index in [0.29, 0.717) is 19.6 Å². The molecule has 0 atom stereocenters. The summed E-state index contributed by atoms with van der Waals surface area (Å²) in [4.78, 5) is 13.5. The van der Waals surface area contributed by atoms with Gasteiger partial charge in [-0.15, -0.1) is 0 Å². The maximum Gasteiger partial charge on any atom is 0.254 e. The molecule has 1 heterocycles. The minimum absolute atomic E-state index is 0.0738. The molecule has 0 saturated heterocycles. The van der Waals surface area contributed by atoms with Crippen LogP contribution in [0.25, 0.3) is 0 Å². The van der Waals surface area contributed by atoms with Crippen molar-refractivity contribution in [1.29, 1.82) is 5.26 Å². The van der Waals surface area contributed by atoms with Crippen molar-refractivity contribution in [2.24, 2.45) is 5.41 Å². The van der Waals surface area contributed by atoms with Crippen molar-refractivity contribution in [3.8, 4) is 11.8 Å². The van der Waals surface area contributed by atoms with Gasteiger partial charge in [0, 0.05) is 31.0 Å². The maximum absolute atomic E-state index is 11.8. The molecular formula is C15H16N2O2. The summed E-state index contributed by atoms with van der Waals surface area (Å²) in [5.74, 6) is 0.871. The minimum atomic E-state index is 0.0738. The molecule has 4 heteroatoms. The van der Waals surface area contributed by atoms with Crippen LogP contribution in [0.1, 0.15) is 35.2 Å². The molecule has 19 heavy (non-hydrogen) atoms. The number of hydrogen-bond donors (Lipinski definition) is 0. The van der Waals surface area contributed by atoms with Crippen LogP contribution >= 0.6 is 0 Å². The molecule has 0 radical (unpaired) electrons. The second-order valence-corrected chi connectivity index (χ2v) is 5.60. The summed E-state index contributed by atoms with van der Waals surface area (Å²) in [5, 5.41) is 8.78. The Morgan fingerprint density at radius 2 is 2.26 bits per heavy atom. The lowest BCUT2D eigenvalue weighted by Crippen LogP contribution is -2.17. The molecule has 1 aromatic rings. The third kappa shape index (κ3) is 2.17. The first-order valence-electron chi connectivity index (χ1n) is 6.52. The van der Waals surface area contributed by atoms with Crippen molar-refractivity contribution < 1.29 is 9.53 Å². The standard InChI is InChI=1S/C15H16N2O2/c1-17-9-11-8-12(2-3-13(11)14(17)18)19-10-15(4-5-15)6-7-16/h2-3,8H,4-6,9-10H2,1H3. The summed E-state index contributed by atoms with van der Waals surface area (Å²) in [6.07, 6.45) is 2.72. The van der Waals surface area contributed by atoms with Crippen LogP contribution in [-0.2, 0) is 6.54 Å². The minimum Gasteiger partial charge on any atom is -0.493 e. The van der Waals surface area contributed by atoms with Crippen molar-refractivity contribution in [2.45, 2.75) is 25.8 Å². The van der Waals surface area contributed by atoms with Crippen LogP contribution < -0.4 is 4.74 Å². The average molecular weight is 256 g/mol. The zero-order valence-corrected chi connectivity index (χ0v) is 11.0. The van der Waals surface area contributed by atoms with E-state index in [1.165, 1.54) is 0 Å². The first kappa shape index (κ1) is 12.0. The first-order chi connectivity index (χ1) is 9.13. The van der Waals surface area contributed by atoms with Gasteiger partial charge in [0.15, 0.2) is 0 Å². The number of nitriles is 1. The van der Waals surface area contributed by atoms with E-state index < -0.39 is 0 Å². The molecule has 1 fully saturated rings. The van der Waals surface area contributed by atoms with E-state index in [2.05, 4.69) is 6.07 Å². The molecule has 0 aromatic heterocycles. The van der Waals surface area contributed by atoms with Crippen LogP contribution in [0.4, 0.5) is 0 Å². The molecule has 1 aromatic carbocycles. The van der Waals surface area contributed by atoms with Crippen LogP contribution in [0.2, 0.25) is 0 Å². The third-order valence-corrected chi connectivity index (χ3v) is 4.02. The molecular weight excluding hydrogens is 240 g/mol. The quantitative estimate of drug-likeness (QED) is 0.830. The third-order valence-electron chi connectivity index (χ3n) is 4.02. The van der Waals surface area contributed by atoms with Crippen molar-refractivity contribution in [3.05, 3.63) is 29.3 Å². The van der Waals surface area contributed by atoms with Crippen LogP contribution in [-0.4, -0.2) is 24.5 Å². The highest BCUT2D eigenvalue weighted by Crippen LogP contribution is 2.48. The van der Waals surface area contributed by atoms with Gasteiger partial charge in [-0.25, -0.2) is 0 Å². The molecule has 1 amide bonds. The molecule has 0 spiro atoms. The fourth-order valence-electron chi connectivity index (χ4n) is 2.49. The monoisotopic (exact) mass is 256 g/mol. The van der Waals surface area contributed by atoms with Crippen molar-refractivity contribution in [1.82, 2.24) is 4.90 Å². The normalized spacial score (nSPS) is 18.9. The van der Waals surface area contributed by atoms with E-state index in [0.717, 1.165) is 29.7 Å². The number of fused-ring (bicyclic) bond motifs is 1. The Bertz CT molecular complexity index is 570. The van der Waals surface area contributed by atoms with Crippen molar-refractivity contribution in [3.63, 3.8) is 0 Å². The number of ether oxygens (including phenoxy) is 1. The molecule has 1 aliphatic carbocycles. The number of amides is 1. The highest BCUT2D eigenvalue weighted by atomic mass is 16.5. The maximum atomic E-state index is 11.8. The largest absolute Gasteiger partial charge is 0.493 e. The molecule has 2 aliphatic rings. The van der Waals surface area contributed by atoms with E-state index in [9.17, 15) is 4.79 Å². The fraction of sp³-hybridized carbons (Fsp3) is 0.467. The van der Waals surface area contributed by atoms with E-state index in [1.54, 1.807) is 11.9 Å². The SMILES string of the molecule is CN1Cc2cc(OCC3(CC#N)CC3)ccc2C1=O. The van der Waals surface area contributed by atoms with Crippen LogP contribution in [0.5, 0.6) is 5.75 Å². The van der Waals surface area contributed by atoms with Gasteiger partial charge in [-0.2, -0.15) is 5.26 Å². The Labute approximate surface area is 112 Å². The van der Waals surface area contributed by atoms with Gasteiger partial charge < -0.3 is 9.64 Å². The number of rotatable bonds is 4. The van der Waals surface area contributed by atoms with Gasteiger partial charge in [0.1, 0.15) is 5.75 Å². The number of hydrogen-bond acceptors (Lipinski definition) is 3. The van der Waals surface area contributed by atoms with Gasteiger partial charge in [-0.3, -0.25) is 4.79 Å². The van der Waals surface area contributed by atoms with Crippen LogP contribution in [0.15, 0.2) is 18.2 Å². The number of benzene rings is 1. The van der Waals surface area contributed by atoms with Gasteiger partial charge in [0.25, 0.3) is 5.91 Å². The second kappa shape index (κ2) is 4.27. The highest BCUT2D eigenvalue weighted by Gasteiger charge is 2.43. The Hall–Kier alpha value is -2.02. The molecule has 1 aliphatic heterocycles. The Balaban J connectivity index is 1.69. The fourth-order valence-corrected chi connectivity index (χ4v) is 2.49. The number of carbonyl (C=O) groups excluding carboxylic acids is 1. The molecule has 98 valence electrons. The summed E-state index contributed by atoms with van der Waals surface area (Å²) in [6, 6.07) is 7.85. The van der Waals surface area contributed by atoms with E-state index in [4.69, 9.17) is 10.00 Å². The predicted molar refractivity (Wildman–Crippen MR) is 69.6 cm³/mol. The van der Waals surface area contributed by atoms with Gasteiger partial charge in [-0.05, 0) is 36.6 Å². The second-order valence-electron chi connectivity index (χ2n) is 5.60. The van der Waals surface area contributed by atoms with Gasteiger partial charge >= 0.3 is 0 Å². The highest BCUT2D eigenvalue weighted by molar-refractivity contribution is 5.98. The lowest BCUT2D eigenvalue weighted by molar-refractivity contribution is 0.0816. The van der Waals surface area contributed by atoms with E-state index in [-0.39, 0.29) is 11.3 Å². The Morgan fingerprint density at radius 1 is 1.47 bits per heavy atom. The van der Waals surface area contributed by atoms with Crippen molar-refractivity contribution >= 4 is 5.91 Å². The first-order valence-corrected chi connectivity index (χ1v) is 6.52. The van der Waals surface area contributed by atoms with Crippen LogP contribution in [0, 0.1) is 16.7 Å². The summed E-state index contributed by atoms with van der Waals surface area (Å²) in [6.45, 7) is 1.25. The van der Waals surface area contributed by atoms with Crippen LogP contribution in [0.3, 0.4) is 0 Å². The van der Waals surface area contributed by atoms with Gasteiger partial charge in [0.2, 0.25) is 0 Å². The lowest BCUT2D eigenvalue weighted by Gasteiger charge is -2.13. The molecule has 0 bridgehead atoms. The smallest absolute Gasteiger partial charge is 0.254 e. The predicted octanol–water partition coefficient (Wildman–Crippen LogP) is 2.34. The Kier molecular flexibility index (Phi) is 2.70. The lowest BCUT2D eigenvalue weighted by atomic mass is 10.1.